The fraction of sp³-hybridized carbons (Fsp3) is 0.250. The molecule has 1 aromatic heterocycles. The van der Waals surface area contributed by atoms with E-state index in [9.17, 15) is 19.2 Å². The SMILES string of the molecule is Cc1ccc(NC(=O)CSc2nnc(N3C(N)=C(C#N)C(c4ccccc4F)C4=C3CCCC4=O)s2)cc1C. The van der Waals surface area contributed by atoms with Crippen molar-refractivity contribution in [3.05, 3.63) is 87.6 Å². The zero-order chi connectivity index (χ0) is 27.7. The molecule has 39 heavy (non-hydrogen) atoms. The van der Waals surface area contributed by atoms with Gasteiger partial charge in [0.05, 0.1) is 23.3 Å². The number of nitrogens with two attached hydrogens (primary N) is 1. The third kappa shape index (κ3) is 5.17. The number of Topliss-reactive ketones (excluding diaryl/α,β-unsaturated/α-hetero) is 1. The third-order valence-corrected chi connectivity index (χ3v) is 8.88. The molecule has 2 aromatic carbocycles. The summed E-state index contributed by atoms with van der Waals surface area (Å²) in [7, 11) is 0. The Balaban J connectivity index is 1.41. The molecule has 0 radical (unpaired) electrons. The Kier molecular flexibility index (Phi) is 7.50. The van der Waals surface area contributed by atoms with Gasteiger partial charge in [0.2, 0.25) is 11.0 Å². The second-order valence-corrected chi connectivity index (χ2v) is 11.5. The predicted octanol–water partition coefficient (Wildman–Crippen LogP) is 5.33. The number of halogens is 1. The summed E-state index contributed by atoms with van der Waals surface area (Å²) in [5.41, 5.74) is 10.8. The number of benzene rings is 2. The molecule has 11 heteroatoms. The van der Waals surface area contributed by atoms with Crippen molar-refractivity contribution in [3.63, 3.8) is 0 Å². The number of rotatable bonds is 6. The van der Waals surface area contributed by atoms with Crippen LogP contribution in [0, 0.1) is 31.0 Å². The first-order chi connectivity index (χ1) is 18.8. The summed E-state index contributed by atoms with van der Waals surface area (Å²) in [6.07, 6.45) is 1.43. The summed E-state index contributed by atoms with van der Waals surface area (Å²) in [4.78, 5) is 27.3. The van der Waals surface area contributed by atoms with Gasteiger partial charge in [0, 0.05) is 28.9 Å². The number of aromatic nitrogens is 2. The number of aryl methyl sites for hydroxylation is 2. The van der Waals surface area contributed by atoms with Crippen LogP contribution in [-0.4, -0.2) is 27.6 Å². The zero-order valence-electron chi connectivity index (χ0n) is 21.3. The summed E-state index contributed by atoms with van der Waals surface area (Å²) < 4.78 is 15.4. The van der Waals surface area contributed by atoms with E-state index in [2.05, 4.69) is 21.6 Å². The minimum Gasteiger partial charge on any atom is -0.384 e. The molecule has 2 heterocycles. The van der Waals surface area contributed by atoms with Crippen LogP contribution < -0.4 is 16.0 Å². The second-order valence-electron chi connectivity index (χ2n) is 9.32. The van der Waals surface area contributed by atoms with Gasteiger partial charge >= 0.3 is 0 Å². The van der Waals surface area contributed by atoms with Gasteiger partial charge in [0.15, 0.2) is 10.1 Å². The van der Waals surface area contributed by atoms with Crippen molar-refractivity contribution in [2.75, 3.05) is 16.0 Å². The lowest BCUT2D eigenvalue weighted by Crippen LogP contribution is -2.38. The molecular formula is C28H25FN6O2S2. The number of carbonyl (C=O) groups is 2. The van der Waals surface area contributed by atoms with Gasteiger partial charge in [0.25, 0.3) is 0 Å². The van der Waals surface area contributed by atoms with Crippen LogP contribution >= 0.6 is 23.1 Å². The van der Waals surface area contributed by atoms with E-state index in [1.165, 1.54) is 29.2 Å². The molecule has 0 spiro atoms. The lowest BCUT2D eigenvalue weighted by Gasteiger charge is -2.38. The van der Waals surface area contributed by atoms with Gasteiger partial charge < -0.3 is 11.1 Å². The minimum absolute atomic E-state index is 0.0891. The molecule has 0 bridgehead atoms. The monoisotopic (exact) mass is 560 g/mol. The van der Waals surface area contributed by atoms with E-state index in [0.29, 0.717) is 40.0 Å². The molecule has 3 aromatic rings. The van der Waals surface area contributed by atoms with Crippen molar-refractivity contribution in [2.45, 2.75) is 43.4 Å². The summed E-state index contributed by atoms with van der Waals surface area (Å²) in [5, 5.41) is 21.8. The minimum atomic E-state index is -0.883. The summed E-state index contributed by atoms with van der Waals surface area (Å²) in [6.45, 7) is 4.00. The summed E-state index contributed by atoms with van der Waals surface area (Å²) in [5.74, 6) is -1.49. The molecule has 1 unspecified atom stereocenters. The first-order valence-electron chi connectivity index (χ1n) is 12.3. The van der Waals surface area contributed by atoms with Crippen LogP contribution in [0.25, 0.3) is 0 Å². The predicted molar refractivity (Wildman–Crippen MR) is 150 cm³/mol. The number of hydrogen-bond acceptors (Lipinski definition) is 9. The first kappa shape index (κ1) is 26.6. The lowest BCUT2D eigenvalue weighted by atomic mass is 9.75. The van der Waals surface area contributed by atoms with E-state index >= 15 is 0 Å². The van der Waals surface area contributed by atoms with Crippen LogP contribution in [0.5, 0.6) is 0 Å². The number of ketones is 1. The van der Waals surface area contributed by atoms with Crippen LogP contribution in [0.2, 0.25) is 0 Å². The molecule has 1 aliphatic carbocycles. The molecule has 8 nitrogen and oxygen atoms in total. The van der Waals surface area contributed by atoms with Crippen LogP contribution in [0.4, 0.5) is 15.2 Å². The van der Waals surface area contributed by atoms with Gasteiger partial charge in [-0.3, -0.25) is 14.5 Å². The second kappa shape index (κ2) is 11.0. The highest BCUT2D eigenvalue weighted by Gasteiger charge is 2.42. The Morgan fingerprint density at radius 1 is 1.23 bits per heavy atom. The zero-order valence-corrected chi connectivity index (χ0v) is 23.0. The number of nitrogens with one attached hydrogen (secondary N) is 1. The molecule has 198 valence electrons. The van der Waals surface area contributed by atoms with Crippen molar-refractivity contribution in [3.8, 4) is 6.07 Å². The Morgan fingerprint density at radius 3 is 2.77 bits per heavy atom. The molecular weight excluding hydrogens is 535 g/mol. The van der Waals surface area contributed by atoms with Gasteiger partial charge in [0.1, 0.15) is 11.6 Å². The molecule has 0 saturated carbocycles. The van der Waals surface area contributed by atoms with E-state index in [1.54, 1.807) is 23.1 Å². The lowest BCUT2D eigenvalue weighted by molar-refractivity contribution is -0.116. The topological polar surface area (TPSA) is 125 Å². The fourth-order valence-electron chi connectivity index (χ4n) is 4.82. The molecule has 1 aliphatic heterocycles. The van der Waals surface area contributed by atoms with Crippen molar-refractivity contribution in [1.82, 2.24) is 10.2 Å². The van der Waals surface area contributed by atoms with Crippen molar-refractivity contribution in [1.29, 1.82) is 5.26 Å². The number of nitrogens with zero attached hydrogens (tertiary/aromatic N) is 4. The van der Waals surface area contributed by atoms with Crippen LogP contribution in [0.1, 0.15) is 41.9 Å². The Bertz CT molecular complexity index is 1590. The van der Waals surface area contributed by atoms with Crippen molar-refractivity contribution < 1.29 is 14.0 Å². The summed E-state index contributed by atoms with van der Waals surface area (Å²) >= 11 is 2.44. The number of carbonyl (C=O) groups excluding carboxylic acids is 2. The highest BCUT2D eigenvalue weighted by atomic mass is 32.2. The van der Waals surface area contributed by atoms with Crippen molar-refractivity contribution >= 4 is 45.6 Å². The third-order valence-electron chi connectivity index (χ3n) is 6.83. The number of thioether (sulfide) groups is 1. The van der Waals surface area contributed by atoms with Crippen molar-refractivity contribution in [2.24, 2.45) is 5.73 Å². The Labute approximate surface area is 233 Å². The van der Waals surface area contributed by atoms with Gasteiger partial charge in [-0.25, -0.2) is 4.39 Å². The average Bonchev–Trinajstić information content (AvgIpc) is 3.38. The molecule has 5 rings (SSSR count). The largest absolute Gasteiger partial charge is 0.384 e. The normalized spacial score (nSPS) is 17.2. The first-order valence-corrected chi connectivity index (χ1v) is 14.1. The van der Waals surface area contributed by atoms with E-state index in [0.717, 1.165) is 16.8 Å². The number of nitriles is 1. The number of amides is 1. The Morgan fingerprint density at radius 2 is 2.03 bits per heavy atom. The van der Waals surface area contributed by atoms with E-state index < -0.39 is 11.7 Å². The quantitative estimate of drug-likeness (QED) is 0.388. The van der Waals surface area contributed by atoms with E-state index in [-0.39, 0.29) is 34.4 Å². The molecule has 0 saturated heterocycles. The summed E-state index contributed by atoms with van der Waals surface area (Å²) in [6, 6.07) is 14.0. The molecule has 2 aliphatic rings. The molecule has 0 fully saturated rings. The molecule has 3 N–H and O–H groups in total. The molecule has 1 atom stereocenters. The fourth-order valence-corrected chi connectivity index (χ4v) is 6.50. The van der Waals surface area contributed by atoms with Crippen LogP contribution in [0.3, 0.4) is 0 Å². The maximum Gasteiger partial charge on any atom is 0.234 e. The standard InChI is InChI=1S/C28H25FN6O2S2/c1-15-10-11-17(12-16(15)2)32-23(37)14-38-28-34-33-27(39-28)35-21-8-5-9-22(36)25(21)24(19(13-30)26(35)31)18-6-3-4-7-20(18)29/h3-4,6-7,10-12,24H,5,8-9,14,31H2,1-2H3,(H,32,37). The maximum absolute atomic E-state index is 14.9. The smallest absolute Gasteiger partial charge is 0.234 e. The maximum atomic E-state index is 14.9. The van der Waals surface area contributed by atoms with Gasteiger partial charge in [-0.15, -0.1) is 10.2 Å². The molecule has 1 amide bonds. The van der Waals surface area contributed by atoms with Gasteiger partial charge in [-0.2, -0.15) is 5.26 Å². The van der Waals surface area contributed by atoms with E-state index in [1.807, 2.05) is 32.0 Å². The van der Waals surface area contributed by atoms with E-state index in [4.69, 9.17) is 5.73 Å². The average molecular weight is 561 g/mol. The number of hydrogen-bond donors (Lipinski definition) is 2. The Hall–Kier alpha value is -4.01. The van der Waals surface area contributed by atoms with Gasteiger partial charge in [-0.05, 0) is 56.0 Å². The number of anilines is 2. The highest BCUT2D eigenvalue weighted by molar-refractivity contribution is 8.01. The highest BCUT2D eigenvalue weighted by Crippen LogP contribution is 2.47. The van der Waals surface area contributed by atoms with Crippen LogP contribution in [0.15, 0.2) is 69.5 Å². The number of allylic oxidation sites excluding steroid dienone is 3. The van der Waals surface area contributed by atoms with Gasteiger partial charge in [-0.1, -0.05) is 47.4 Å². The van der Waals surface area contributed by atoms with Crippen LogP contribution in [-0.2, 0) is 9.59 Å².